The molecule has 0 aromatic carbocycles. The maximum absolute atomic E-state index is 13.0. The van der Waals surface area contributed by atoms with Crippen molar-refractivity contribution < 1.29 is 32.9 Å². The molecule has 3 unspecified atom stereocenters. The molecular formula is C64H125N2O6P. The van der Waals surface area contributed by atoms with E-state index in [0.717, 1.165) is 51.4 Å². The molecule has 0 aromatic heterocycles. The molecule has 73 heavy (non-hydrogen) atoms. The predicted molar refractivity (Wildman–Crippen MR) is 316 cm³/mol. The van der Waals surface area contributed by atoms with E-state index in [-0.39, 0.29) is 19.1 Å². The molecule has 2 N–H and O–H groups in total. The van der Waals surface area contributed by atoms with Crippen LogP contribution in [0, 0.1) is 0 Å². The van der Waals surface area contributed by atoms with Gasteiger partial charge in [0.15, 0.2) is 0 Å². The number of amides is 1. The number of unbranched alkanes of at least 4 members (excludes halogenated alkanes) is 40. The molecule has 0 fully saturated rings. The molecule has 0 aliphatic rings. The SMILES string of the molecule is CCCCCCC/C=C\C/C=C\C/C=C\CCCCCCCCCCCCCCCCCCCCC(=O)NC(COP(=O)([O-])OCC[N+](C)(C)C)C(O)CCCCCCCCCCCCCCCCCCCC. The summed E-state index contributed by atoms with van der Waals surface area (Å²) in [6, 6.07) is -0.800. The van der Waals surface area contributed by atoms with E-state index in [2.05, 4.69) is 55.6 Å². The molecule has 1 amide bonds. The number of hydrogen-bond acceptors (Lipinski definition) is 6. The van der Waals surface area contributed by atoms with Gasteiger partial charge in [-0.15, -0.1) is 0 Å². The highest BCUT2D eigenvalue weighted by Crippen LogP contribution is 2.38. The number of phosphoric ester groups is 1. The van der Waals surface area contributed by atoms with Gasteiger partial charge < -0.3 is 28.8 Å². The van der Waals surface area contributed by atoms with Crippen LogP contribution in [0.4, 0.5) is 0 Å². The van der Waals surface area contributed by atoms with Gasteiger partial charge in [0.2, 0.25) is 5.91 Å². The molecule has 0 saturated carbocycles. The number of allylic oxidation sites excluding steroid dienone is 6. The van der Waals surface area contributed by atoms with Crippen molar-refractivity contribution in [2.45, 2.75) is 328 Å². The maximum Gasteiger partial charge on any atom is 0.268 e. The zero-order valence-electron chi connectivity index (χ0n) is 49.4. The van der Waals surface area contributed by atoms with Crippen molar-refractivity contribution >= 4 is 13.7 Å². The van der Waals surface area contributed by atoms with Crippen LogP contribution in [-0.2, 0) is 18.4 Å². The fourth-order valence-electron chi connectivity index (χ4n) is 9.64. The Hall–Kier alpha value is -1.28. The minimum Gasteiger partial charge on any atom is -0.756 e. The second-order valence-corrected chi connectivity index (χ2v) is 24.5. The lowest BCUT2D eigenvalue weighted by Gasteiger charge is -2.30. The van der Waals surface area contributed by atoms with E-state index in [9.17, 15) is 19.4 Å². The van der Waals surface area contributed by atoms with E-state index in [1.807, 2.05) is 21.1 Å². The maximum atomic E-state index is 13.0. The van der Waals surface area contributed by atoms with E-state index in [1.165, 1.54) is 238 Å². The van der Waals surface area contributed by atoms with E-state index < -0.39 is 20.0 Å². The number of rotatable bonds is 59. The van der Waals surface area contributed by atoms with Crippen LogP contribution in [-0.4, -0.2) is 68.5 Å². The molecule has 0 heterocycles. The Morgan fingerprint density at radius 3 is 1.15 bits per heavy atom. The third-order valence-corrected chi connectivity index (χ3v) is 15.6. The molecule has 8 nitrogen and oxygen atoms in total. The van der Waals surface area contributed by atoms with E-state index in [0.29, 0.717) is 23.9 Å². The predicted octanol–water partition coefficient (Wildman–Crippen LogP) is 19.1. The van der Waals surface area contributed by atoms with Crippen LogP contribution in [0.3, 0.4) is 0 Å². The molecule has 0 aromatic rings. The minimum absolute atomic E-state index is 0.0139. The summed E-state index contributed by atoms with van der Waals surface area (Å²) in [7, 11) is 1.32. The third-order valence-electron chi connectivity index (χ3n) is 14.6. The van der Waals surface area contributed by atoms with Gasteiger partial charge in [0.1, 0.15) is 13.2 Å². The summed E-state index contributed by atoms with van der Waals surface area (Å²) in [6.45, 7) is 4.75. The van der Waals surface area contributed by atoms with Gasteiger partial charge in [-0.3, -0.25) is 9.36 Å². The summed E-state index contributed by atoms with van der Waals surface area (Å²) < 4.78 is 23.5. The number of carbonyl (C=O) groups excluding carboxylic acids is 1. The first-order valence-electron chi connectivity index (χ1n) is 31.8. The second kappa shape index (κ2) is 55.5. The van der Waals surface area contributed by atoms with E-state index in [1.54, 1.807) is 0 Å². The first-order valence-corrected chi connectivity index (χ1v) is 33.3. The fourth-order valence-corrected chi connectivity index (χ4v) is 10.4. The number of carbonyl (C=O) groups is 1. The summed E-state index contributed by atoms with van der Waals surface area (Å²) in [4.78, 5) is 25.6. The number of likely N-dealkylation sites (N-methyl/N-ethyl adjacent to an activating group) is 1. The largest absolute Gasteiger partial charge is 0.756 e. The van der Waals surface area contributed by atoms with Gasteiger partial charge in [0, 0.05) is 6.42 Å². The molecule has 0 aliphatic carbocycles. The number of aliphatic hydroxyl groups excluding tert-OH is 1. The van der Waals surface area contributed by atoms with Gasteiger partial charge in [-0.05, 0) is 51.4 Å². The standard InChI is InChI=1S/C64H125N2O6P/c1-6-8-10-12-14-16-18-20-22-24-26-27-28-29-30-31-32-33-34-35-36-37-38-39-40-42-44-46-48-50-52-54-56-58-64(68)65-62(61-72-73(69,70)71-60-59-66(3,4)5)63(67)57-55-53-51-49-47-45-43-41-25-23-21-19-17-15-13-11-9-7-2/h18,20,24,26,28-29,62-63,67H,6-17,19,21-23,25,27,30-61H2,1-5H3,(H-,65,68,69,70)/b20-18-,26-24-,29-28-. The minimum atomic E-state index is -4.57. The molecule has 0 spiro atoms. The van der Waals surface area contributed by atoms with Gasteiger partial charge in [-0.2, -0.15) is 0 Å². The first kappa shape index (κ1) is 71.7. The lowest BCUT2D eigenvalue weighted by atomic mass is 10.0. The average molecular weight is 1050 g/mol. The fraction of sp³-hybridized carbons (Fsp3) is 0.891. The number of quaternary nitrogens is 1. The first-order chi connectivity index (χ1) is 35.5. The van der Waals surface area contributed by atoms with Crippen molar-refractivity contribution in [3.63, 3.8) is 0 Å². The van der Waals surface area contributed by atoms with Crippen LogP contribution in [0.1, 0.15) is 316 Å². The highest BCUT2D eigenvalue weighted by Gasteiger charge is 2.24. The van der Waals surface area contributed by atoms with Crippen molar-refractivity contribution in [3.05, 3.63) is 36.5 Å². The van der Waals surface area contributed by atoms with Crippen molar-refractivity contribution in [1.29, 1.82) is 0 Å². The Morgan fingerprint density at radius 2 is 0.795 bits per heavy atom. The Morgan fingerprint density at radius 1 is 0.479 bits per heavy atom. The van der Waals surface area contributed by atoms with Crippen LogP contribution < -0.4 is 10.2 Å². The number of phosphoric acid groups is 1. The number of nitrogens with one attached hydrogen (secondary N) is 1. The molecule has 0 rings (SSSR count). The molecule has 0 bridgehead atoms. The lowest BCUT2D eigenvalue weighted by molar-refractivity contribution is -0.870. The molecule has 0 saturated heterocycles. The van der Waals surface area contributed by atoms with Gasteiger partial charge in [-0.25, -0.2) is 0 Å². The molecular weight excluding hydrogens is 924 g/mol. The van der Waals surface area contributed by atoms with Crippen LogP contribution in [0.25, 0.3) is 0 Å². The van der Waals surface area contributed by atoms with Gasteiger partial charge in [0.05, 0.1) is 39.9 Å². The van der Waals surface area contributed by atoms with Crippen LogP contribution >= 0.6 is 7.82 Å². The molecule has 3 atom stereocenters. The van der Waals surface area contributed by atoms with Crippen LogP contribution in [0.15, 0.2) is 36.5 Å². The van der Waals surface area contributed by atoms with Crippen LogP contribution in [0.5, 0.6) is 0 Å². The smallest absolute Gasteiger partial charge is 0.268 e. The van der Waals surface area contributed by atoms with Gasteiger partial charge in [-0.1, -0.05) is 294 Å². The second-order valence-electron chi connectivity index (χ2n) is 23.1. The quantitative estimate of drug-likeness (QED) is 0.0272. The number of nitrogens with zero attached hydrogens (tertiary/aromatic N) is 1. The molecule has 432 valence electrons. The zero-order chi connectivity index (χ0) is 53.5. The summed E-state index contributed by atoms with van der Waals surface area (Å²) in [5.74, 6) is -0.159. The molecule has 9 heteroatoms. The summed E-state index contributed by atoms with van der Waals surface area (Å²) in [5.41, 5.74) is 0. The zero-order valence-corrected chi connectivity index (χ0v) is 50.3. The molecule has 0 aliphatic heterocycles. The van der Waals surface area contributed by atoms with Gasteiger partial charge in [0.25, 0.3) is 7.82 Å². The summed E-state index contributed by atoms with van der Waals surface area (Å²) >= 11 is 0. The topological polar surface area (TPSA) is 108 Å². The Bertz CT molecular complexity index is 1280. The number of hydrogen-bond donors (Lipinski definition) is 2. The Balaban J connectivity index is 4.01. The summed E-state index contributed by atoms with van der Waals surface area (Å²) in [5, 5.41) is 14.0. The van der Waals surface area contributed by atoms with Crippen molar-refractivity contribution in [3.8, 4) is 0 Å². The normalized spacial score (nSPS) is 14.0. The van der Waals surface area contributed by atoms with E-state index >= 15 is 0 Å². The molecule has 0 radical (unpaired) electrons. The van der Waals surface area contributed by atoms with Crippen molar-refractivity contribution in [2.75, 3.05) is 40.9 Å². The van der Waals surface area contributed by atoms with E-state index in [4.69, 9.17) is 9.05 Å². The average Bonchev–Trinajstić information content (AvgIpc) is 3.35. The summed E-state index contributed by atoms with van der Waals surface area (Å²) in [6.07, 6.45) is 71.9. The third kappa shape index (κ3) is 58.2. The number of aliphatic hydroxyl groups is 1. The Kier molecular flexibility index (Phi) is 54.5. The van der Waals surface area contributed by atoms with Crippen LogP contribution in [0.2, 0.25) is 0 Å². The highest BCUT2D eigenvalue weighted by atomic mass is 31.2. The highest BCUT2D eigenvalue weighted by molar-refractivity contribution is 7.45. The lowest BCUT2D eigenvalue weighted by Crippen LogP contribution is -2.46. The monoisotopic (exact) mass is 1050 g/mol. The van der Waals surface area contributed by atoms with Crippen molar-refractivity contribution in [1.82, 2.24) is 5.32 Å². The Labute approximate surface area is 455 Å². The van der Waals surface area contributed by atoms with Crippen molar-refractivity contribution in [2.24, 2.45) is 0 Å². The van der Waals surface area contributed by atoms with Gasteiger partial charge >= 0.3 is 0 Å².